The molecule has 3 rings (SSSR count). The van der Waals surface area contributed by atoms with Gasteiger partial charge in [0.2, 0.25) is 10.0 Å². The van der Waals surface area contributed by atoms with Gasteiger partial charge in [0.25, 0.3) is 0 Å². The summed E-state index contributed by atoms with van der Waals surface area (Å²) in [7, 11) is -2.63. The first-order chi connectivity index (χ1) is 12.5. The van der Waals surface area contributed by atoms with E-state index >= 15 is 0 Å². The highest BCUT2D eigenvalue weighted by Crippen LogP contribution is 2.26. The Morgan fingerprint density at radius 1 is 1.31 bits per heavy atom. The summed E-state index contributed by atoms with van der Waals surface area (Å²) in [6.45, 7) is 2.55. The van der Waals surface area contributed by atoms with Crippen LogP contribution in [0.2, 0.25) is 0 Å². The van der Waals surface area contributed by atoms with Gasteiger partial charge < -0.3 is 13.9 Å². The van der Waals surface area contributed by atoms with Crippen molar-refractivity contribution in [1.29, 1.82) is 0 Å². The molecule has 1 aliphatic rings. The van der Waals surface area contributed by atoms with Gasteiger partial charge in [0.15, 0.2) is 0 Å². The van der Waals surface area contributed by atoms with E-state index in [2.05, 4.69) is 9.62 Å². The van der Waals surface area contributed by atoms with Crippen molar-refractivity contribution in [2.75, 3.05) is 40.0 Å². The number of morpholine rings is 1. The van der Waals surface area contributed by atoms with Gasteiger partial charge in [-0.3, -0.25) is 4.90 Å². The molecule has 142 valence electrons. The molecule has 7 nitrogen and oxygen atoms in total. The van der Waals surface area contributed by atoms with E-state index in [-0.39, 0.29) is 23.2 Å². The highest BCUT2D eigenvalue weighted by Gasteiger charge is 2.28. The lowest BCUT2D eigenvalue weighted by Gasteiger charge is -2.33. The Morgan fingerprint density at radius 3 is 2.73 bits per heavy atom. The van der Waals surface area contributed by atoms with Crippen molar-refractivity contribution in [3.05, 3.63) is 48.2 Å². The molecule has 1 N–H and O–H groups in total. The second-order valence-corrected chi connectivity index (χ2v) is 7.56. The lowest BCUT2D eigenvalue weighted by Crippen LogP contribution is -2.43. The molecule has 1 atom stereocenters. The number of methoxy groups -OCH3 is 1. The molecule has 9 heteroatoms. The summed E-state index contributed by atoms with van der Waals surface area (Å²) in [6.07, 6.45) is 1.55. The van der Waals surface area contributed by atoms with E-state index in [1.807, 2.05) is 0 Å². The molecule has 1 saturated heterocycles. The third kappa shape index (κ3) is 4.24. The molecule has 0 radical (unpaired) electrons. The summed E-state index contributed by atoms with van der Waals surface area (Å²) in [6, 6.07) is 6.65. The first-order valence-corrected chi connectivity index (χ1v) is 9.68. The van der Waals surface area contributed by atoms with Crippen LogP contribution in [-0.2, 0) is 14.8 Å². The zero-order valence-corrected chi connectivity index (χ0v) is 15.2. The molecule has 1 fully saturated rings. The van der Waals surface area contributed by atoms with Crippen molar-refractivity contribution < 1.29 is 26.7 Å². The van der Waals surface area contributed by atoms with Crippen molar-refractivity contribution in [3.63, 3.8) is 0 Å². The van der Waals surface area contributed by atoms with Gasteiger partial charge in [-0.25, -0.2) is 17.5 Å². The van der Waals surface area contributed by atoms with Crippen LogP contribution in [0.3, 0.4) is 0 Å². The molecule has 2 aromatic rings. The number of hydrogen-bond acceptors (Lipinski definition) is 6. The normalized spacial score (nSPS) is 17.2. The van der Waals surface area contributed by atoms with E-state index < -0.39 is 15.8 Å². The number of nitrogens with zero attached hydrogens (tertiary/aromatic N) is 1. The van der Waals surface area contributed by atoms with Crippen molar-refractivity contribution >= 4 is 10.0 Å². The van der Waals surface area contributed by atoms with Crippen LogP contribution < -0.4 is 9.46 Å². The molecule has 2 heterocycles. The summed E-state index contributed by atoms with van der Waals surface area (Å²) < 4.78 is 57.4. The molecule has 1 aliphatic heterocycles. The lowest BCUT2D eigenvalue weighted by molar-refractivity contribution is 0.0128. The van der Waals surface area contributed by atoms with E-state index in [1.54, 1.807) is 18.4 Å². The quantitative estimate of drug-likeness (QED) is 0.784. The van der Waals surface area contributed by atoms with E-state index in [0.29, 0.717) is 32.1 Å². The Hall–Kier alpha value is -1.94. The van der Waals surface area contributed by atoms with Crippen LogP contribution in [0.5, 0.6) is 5.75 Å². The number of halogens is 1. The van der Waals surface area contributed by atoms with Crippen LogP contribution in [0, 0.1) is 5.82 Å². The molecule has 1 unspecified atom stereocenters. The summed E-state index contributed by atoms with van der Waals surface area (Å²) >= 11 is 0. The number of furan rings is 1. The van der Waals surface area contributed by atoms with Crippen LogP contribution in [0.25, 0.3) is 0 Å². The van der Waals surface area contributed by atoms with Crippen LogP contribution in [-0.4, -0.2) is 53.3 Å². The molecule has 1 aromatic carbocycles. The highest BCUT2D eigenvalue weighted by molar-refractivity contribution is 7.89. The largest absolute Gasteiger partial charge is 0.495 e. The highest BCUT2D eigenvalue weighted by atomic mass is 32.2. The second-order valence-electron chi connectivity index (χ2n) is 5.83. The van der Waals surface area contributed by atoms with E-state index in [4.69, 9.17) is 13.9 Å². The number of ether oxygens (including phenoxy) is 2. The minimum atomic E-state index is -3.96. The van der Waals surface area contributed by atoms with Gasteiger partial charge in [0, 0.05) is 19.6 Å². The summed E-state index contributed by atoms with van der Waals surface area (Å²) in [4.78, 5) is 1.85. The van der Waals surface area contributed by atoms with E-state index in [1.165, 1.54) is 13.2 Å². The molecule has 0 spiro atoms. The minimum Gasteiger partial charge on any atom is -0.495 e. The maximum absolute atomic E-state index is 13.5. The Morgan fingerprint density at radius 2 is 2.08 bits per heavy atom. The number of sulfonamides is 1. The molecule has 0 aliphatic carbocycles. The fourth-order valence-corrected chi connectivity index (χ4v) is 4.12. The molecular formula is C17H21FN2O5S. The fourth-order valence-electron chi connectivity index (χ4n) is 2.91. The number of nitrogens with one attached hydrogen (secondary N) is 1. The maximum Gasteiger partial charge on any atom is 0.244 e. The third-order valence-corrected chi connectivity index (χ3v) is 5.68. The Balaban J connectivity index is 1.81. The van der Waals surface area contributed by atoms with Crippen molar-refractivity contribution in [2.45, 2.75) is 10.9 Å². The summed E-state index contributed by atoms with van der Waals surface area (Å²) in [5.41, 5.74) is 0. The van der Waals surface area contributed by atoms with Gasteiger partial charge in [0.05, 0.1) is 32.6 Å². The van der Waals surface area contributed by atoms with Gasteiger partial charge in [0.1, 0.15) is 22.2 Å². The Labute approximate surface area is 151 Å². The zero-order chi connectivity index (χ0) is 18.6. The second kappa shape index (κ2) is 8.17. The third-order valence-electron chi connectivity index (χ3n) is 4.24. The van der Waals surface area contributed by atoms with Crippen LogP contribution in [0.4, 0.5) is 4.39 Å². The van der Waals surface area contributed by atoms with Crippen LogP contribution >= 0.6 is 0 Å². The predicted octanol–water partition coefficient (Wildman–Crippen LogP) is 1.78. The van der Waals surface area contributed by atoms with Gasteiger partial charge in [-0.1, -0.05) is 0 Å². The van der Waals surface area contributed by atoms with Gasteiger partial charge in [-0.2, -0.15) is 0 Å². The maximum atomic E-state index is 13.5. The average Bonchev–Trinajstić information content (AvgIpc) is 3.17. The number of rotatable bonds is 7. The van der Waals surface area contributed by atoms with Crippen molar-refractivity contribution in [2.24, 2.45) is 0 Å². The van der Waals surface area contributed by atoms with Crippen molar-refractivity contribution in [1.82, 2.24) is 9.62 Å². The smallest absolute Gasteiger partial charge is 0.244 e. The molecule has 0 amide bonds. The molecular weight excluding hydrogens is 363 g/mol. The number of benzene rings is 1. The topological polar surface area (TPSA) is 81.0 Å². The van der Waals surface area contributed by atoms with E-state index in [0.717, 1.165) is 12.1 Å². The average molecular weight is 384 g/mol. The van der Waals surface area contributed by atoms with Crippen molar-refractivity contribution in [3.8, 4) is 5.75 Å². The molecule has 26 heavy (non-hydrogen) atoms. The van der Waals surface area contributed by atoms with Gasteiger partial charge in [-0.05, 0) is 30.3 Å². The summed E-state index contributed by atoms with van der Waals surface area (Å²) in [5, 5.41) is 0. The Kier molecular flexibility index (Phi) is 5.92. The molecule has 0 bridgehead atoms. The predicted molar refractivity (Wildman–Crippen MR) is 92.0 cm³/mol. The van der Waals surface area contributed by atoms with Crippen LogP contribution in [0.1, 0.15) is 11.8 Å². The first-order valence-electron chi connectivity index (χ1n) is 8.19. The first kappa shape index (κ1) is 18.8. The van der Waals surface area contributed by atoms with Gasteiger partial charge >= 0.3 is 0 Å². The standard InChI is InChI=1S/C17H21FN2O5S/c1-23-16-5-4-13(18)11-17(16)26(21,22)19-12-14(15-3-2-8-25-15)20-6-9-24-10-7-20/h2-5,8,11,14,19H,6-7,9-10,12H2,1H3. The SMILES string of the molecule is COc1ccc(F)cc1S(=O)(=O)NCC(c1ccco1)N1CCOCC1. The molecule has 0 saturated carbocycles. The lowest BCUT2D eigenvalue weighted by atomic mass is 10.2. The zero-order valence-electron chi connectivity index (χ0n) is 14.4. The fraction of sp³-hybridized carbons (Fsp3) is 0.412. The van der Waals surface area contributed by atoms with E-state index in [9.17, 15) is 12.8 Å². The van der Waals surface area contributed by atoms with Crippen LogP contribution in [0.15, 0.2) is 45.9 Å². The summed E-state index contributed by atoms with van der Waals surface area (Å²) in [5.74, 6) is 0.0857. The molecule has 1 aromatic heterocycles. The number of hydrogen-bond donors (Lipinski definition) is 1. The Bertz CT molecular complexity index is 820. The van der Waals surface area contributed by atoms with Gasteiger partial charge in [-0.15, -0.1) is 0 Å². The minimum absolute atomic E-state index is 0.0789. The monoisotopic (exact) mass is 384 g/mol.